The summed E-state index contributed by atoms with van der Waals surface area (Å²) < 4.78 is 27.0. The van der Waals surface area contributed by atoms with E-state index in [1.54, 1.807) is 30.3 Å². The highest BCUT2D eigenvalue weighted by molar-refractivity contribution is 7.92. The molecule has 1 amide bonds. The van der Waals surface area contributed by atoms with E-state index >= 15 is 0 Å². The van der Waals surface area contributed by atoms with Crippen LogP contribution in [0.25, 0.3) is 0 Å². The molecule has 0 aromatic heterocycles. The molecule has 0 aliphatic heterocycles. The number of benzene rings is 3. The minimum absolute atomic E-state index is 0.143. The minimum Gasteiger partial charge on any atom is -0.508 e. The Morgan fingerprint density at radius 3 is 2.18 bits per heavy atom. The first-order chi connectivity index (χ1) is 13.4. The van der Waals surface area contributed by atoms with Gasteiger partial charge in [-0.05, 0) is 66.2 Å². The molecule has 0 radical (unpaired) electrons. The van der Waals surface area contributed by atoms with Crippen LogP contribution in [0.3, 0.4) is 0 Å². The Morgan fingerprint density at radius 1 is 0.893 bits per heavy atom. The van der Waals surface area contributed by atoms with Gasteiger partial charge in [-0.1, -0.05) is 18.2 Å². The summed E-state index contributed by atoms with van der Waals surface area (Å²) in [6.07, 6.45) is 1.44. The quantitative estimate of drug-likeness (QED) is 0.440. The van der Waals surface area contributed by atoms with Crippen LogP contribution in [0, 0.1) is 0 Å². The number of nitrogens with one attached hydrogen (secondary N) is 2. The van der Waals surface area contributed by atoms with E-state index in [2.05, 4.69) is 15.2 Å². The fourth-order valence-electron chi connectivity index (χ4n) is 2.29. The Morgan fingerprint density at radius 2 is 1.54 bits per heavy atom. The monoisotopic (exact) mass is 395 g/mol. The van der Waals surface area contributed by atoms with Crippen molar-refractivity contribution in [2.24, 2.45) is 5.10 Å². The lowest BCUT2D eigenvalue weighted by atomic mass is 10.2. The van der Waals surface area contributed by atoms with Gasteiger partial charge in [-0.3, -0.25) is 9.52 Å². The summed E-state index contributed by atoms with van der Waals surface area (Å²) in [6, 6.07) is 20.3. The topological polar surface area (TPSA) is 108 Å². The van der Waals surface area contributed by atoms with Crippen molar-refractivity contribution in [3.8, 4) is 5.75 Å². The molecule has 0 heterocycles. The van der Waals surface area contributed by atoms with E-state index in [-0.39, 0.29) is 10.6 Å². The van der Waals surface area contributed by atoms with Gasteiger partial charge in [-0.15, -0.1) is 0 Å². The summed E-state index contributed by atoms with van der Waals surface area (Å²) in [4.78, 5) is 12.3. The molecular weight excluding hydrogens is 378 g/mol. The molecule has 0 saturated heterocycles. The van der Waals surface area contributed by atoms with E-state index in [0.717, 1.165) is 0 Å². The number of hydrogen-bond donors (Lipinski definition) is 3. The summed E-state index contributed by atoms with van der Waals surface area (Å²) >= 11 is 0. The molecule has 3 aromatic rings. The maximum absolute atomic E-state index is 12.3. The Balaban J connectivity index is 1.62. The molecule has 0 atom stereocenters. The van der Waals surface area contributed by atoms with Crippen LogP contribution in [-0.2, 0) is 10.0 Å². The number of rotatable bonds is 6. The van der Waals surface area contributed by atoms with Crippen LogP contribution >= 0.6 is 0 Å². The third-order valence-electron chi connectivity index (χ3n) is 3.73. The zero-order valence-electron chi connectivity index (χ0n) is 14.6. The van der Waals surface area contributed by atoms with Gasteiger partial charge in [0.15, 0.2) is 0 Å². The third-order valence-corrected chi connectivity index (χ3v) is 5.12. The van der Waals surface area contributed by atoms with Crippen molar-refractivity contribution >= 4 is 27.8 Å². The fourth-order valence-corrected chi connectivity index (χ4v) is 3.37. The van der Waals surface area contributed by atoms with Crippen LogP contribution < -0.4 is 10.1 Å². The van der Waals surface area contributed by atoms with Crippen LogP contribution in [-0.4, -0.2) is 25.6 Å². The molecule has 0 saturated carbocycles. The lowest BCUT2D eigenvalue weighted by Gasteiger charge is -2.08. The van der Waals surface area contributed by atoms with E-state index in [1.807, 2.05) is 0 Å². The molecule has 0 aliphatic carbocycles. The number of nitrogens with zero attached hydrogens (tertiary/aromatic N) is 1. The predicted octanol–water partition coefficient (Wildman–Crippen LogP) is 2.96. The van der Waals surface area contributed by atoms with Crippen LogP contribution in [0.1, 0.15) is 15.9 Å². The average Bonchev–Trinajstić information content (AvgIpc) is 2.70. The summed E-state index contributed by atoms with van der Waals surface area (Å²) in [5, 5.41) is 13.1. The van der Waals surface area contributed by atoms with Crippen molar-refractivity contribution in [3.63, 3.8) is 0 Å². The number of hydrogen-bond acceptors (Lipinski definition) is 5. The van der Waals surface area contributed by atoms with Gasteiger partial charge in [0.1, 0.15) is 5.75 Å². The Labute approximate surface area is 162 Å². The minimum atomic E-state index is -3.69. The number of phenols is 1. The van der Waals surface area contributed by atoms with E-state index < -0.39 is 15.9 Å². The number of hydrazone groups is 1. The van der Waals surface area contributed by atoms with Crippen molar-refractivity contribution in [1.29, 1.82) is 0 Å². The second kappa shape index (κ2) is 8.36. The highest BCUT2D eigenvalue weighted by atomic mass is 32.2. The molecule has 3 N–H and O–H groups in total. The van der Waals surface area contributed by atoms with Crippen molar-refractivity contribution in [2.45, 2.75) is 4.90 Å². The highest BCUT2D eigenvalue weighted by Gasteiger charge is 2.13. The lowest BCUT2D eigenvalue weighted by Crippen LogP contribution is -2.18. The van der Waals surface area contributed by atoms with Crippen LogP contribution in [0.15, 0.2) is 88.9 Å². The molecule has 8 heteroatoms. The van der Waals surface area contributed by atoms with Crippen molar-refractivity contribution < 1.29 is 18.3 Å². The SMILES string of the molecule is O=C(N/N=C\c1ccc(O)cc1)c1ccc(NS(=O)(=O)c2ccccc2)cc1. The molecule has 0 fully saturated rings. The molecule has 0 aliphatic rings. The first kappa shape index (κ1) is 19.1. The van der Waals surface area contributed by atoms with Gasteiger partial charge in [-0.25, -0.2) is 13.8 Å². The second-order valence-corrected chi connectivity index (χ2v) is 7.47. The van der Waals surface area contributed by atoms with Gasteiger partial charge in [0.25, 0.3) is 15.9 Å². The van der Waals surface area contributed by atoms with Gasteiger partial charge < -0.3 is 5.11 Å². The third kappa shape index (κ3) is 4.95. The summed E-state index contributed by atoms with van der Waals surface area (Å²) in [5.41, 5.74) is 3.76. The van der Waals surface area contributed by atoms with Crippen molar-refractivity contribution in [2.75, 3.05) is 4.72 Å². The van der Waals surface area contributed by atoms with Gasteiger partial charge >= 0.3 is 0 Å². The van der Waals surface area contributed by atoms with Gasteiger partial charge in [0.05, 0.1) is 11.1 Å². The maximum Gasteiger partial charge on any atom is 0.271 e. The lowest BCUT2D eigenvalue weighted by molar-refractivity contribution is 0.0955. The predicted molar refractivity (Wildman–Crippen MR) is 107 cm³/mol. The highest BCUT2D eigenvalue weighted by Crippen LogP contribution is 2.16. The maximum atomic E-state index is 12.3. The Bertz CT molecular complexity index is 1080. The molecule has 3 aromatic carbocycles. The van der Waals surface area contributed by atoms with Crippen LogP contribution in [0.5, 0.6) is 5.75 Å². The van der Waals surface area contributed by atoms with E-state index in [0.29, 0.717) is 16.8 Å². The molecular formula is C20H17N3O4S. The first-order valence-corrected chi connectivity index (χ1v) is 9.73. The summed E-state index contributed by atoms with van der Waals surface area (Å²) in [5.74, 6) is -0.295. The molecule has 0 spiro atoms. The zero-order valence-corrected chi connectivity index (χ0v) is 15.4. The van der Waals surface area contributed by atoms with Crippen LogP contribution in [0.4, 0.5) is 5.69 Å². The zero-order chi connectivity index (χ0) is 20.0. The number of amides is 1. The number of sulfonamides is 1. The Kier molecular flexibility index (Phi) is 5.71. The van der Waals surface area contributed by atoms with Crippen molar-refractivity contribution in [3.05, 3.63) is 90.0 Å². The Hall–Kier alpha value is -3.65. The largest absolute Gasteiger partial charge is 0.508 e. The molecule has 142 valence electrons. The molecule has 0 bridgehead atoms. The molecule has 7 nitrogen and oxygen atoms in total. The summed E-state index contributed by atoms with van der Waals surface area (Å²) in [6.45, 7) is 0. The van der Waals surface area contributed by atoms with Gasteiger partial charge in [0.2, 0.25) is 0 Å². The smallest absolute Gasteiger partial charge is 0.271 e. The van der Waals surface area contributed by atoms with Gasteiger partial charge in [0, 0.05) is 11.3 Å². The molecule has 28 heavy (non-hydrogen) atoms. The average molecular weight is 395 g/mol. The first-order valence-electron chi connectivity index (χ1n) is 8.24. The number of aromatic hydroxyl groups is 1. The summed E-state index contributed by atoms with van der Waals surface area (Å²) in [7, 11) is -3.69. The molecule has 0 unspecified atom stereocenters. The standard InChI is InChI=1S/C20H17N3O4S/c24-18-12-6-15(7-13-18)14-21-22-20(25)16-8-10-17(11-9-16)23-28(26,27)19-4-2-1-3-5-19/h1-14,23-24H,(H,22,25)/b21-14-. The van der Waals surface area contributed by atoms with Crippen LogP contribution in [0.2, 0.25) is 0 Å². The van der Waals surface area contributed by atoms with E-state index in [4.69, 9.17) is 0 Å². The number of phenolic OH excluding ortho intramolecular Hbond substituents is 1. The van der Waals surface area contributed by atoms with Crippen molar-refractivity contribution in [1.82, 2.24) is 5.43 Å². The van der Waals surface area contributed by atoms with E-state index in [1.165, 1.54) is 54.7 Å². The number of carbonyl (C=O) groups is 1. The number of carbonyl (C=O) groups excluding carboxylic acids is 1. The number of anilines is 1. The second-order valence-electron chi connectivity index (χ2n) is 5.79. The molecule has 3 rings (SSSR count). The normalized spacial score (nSPS) is 11.3. The van der Waals surface area contributed by atoms with E-state index in [9.17, 15) is 18.3 Å². The fraction of sp³-hybridized carbons (Fsp3) is 0. The van der Waals surface area contributed by atoms with Gasteiger partial charge in [-0.2, -0.15) is 5.10 Å².